The monoisotopic (exact) mass is 714 g/mol. The molecule has 286 valence electrons. The molecule has 3 atom stereocenters. The average molecular weight is 715 g/mol. The van der Waals surface area contributed by atoms with Crippen LogP contribution in [0, 0.1) is 0 Å². The quantitative estimate of drug-likeness (QED) is 0.0216. The molecule has 0 saturated carbocycles. The molecule has 0 aromatic heterocycles. The lowest BCUT2D eigenvalue weighted by molar-refractivity contribution is -0.161. The van der Waals surface area contributed by atoms with Gasteiger partial charge in [0.25, 0.3) is 0 Å². The van der Waals surface area contributed by atoms with Gasteiger partial charge in [0.05, 0.1) is 18.8 Å². The Kier molecular flexibility index (Phi) is 29.0. The van der Waals surface area contributed by atoms with Crippen molar-refractivity contribution in [2.75, 3.05) is 13.2 Å². The molecule has 1 heterocycles. The largest absolute Gasteiger partial charge is 0.469 e. The van der Waals surface area contributed by atoms with Crippen LogP contribution in [0.5, 0.6) is 0 Å². The predicted octanol–water partition coefficient (Wildman–Crippen LogP) is 10.6. The maximum absolute atomic E-state index is 12.4. The molecule has 49 heavy (non-hydrogen) atoms. The van der Waals surface area contributed by atoms with Crippen molar-refractivity contribution in [3.8, 4) is 0 Å². The first kappa shape index (κ1) is 45.5. The van der Waals surface area contributed by atoms with Crippen molar-refractivity contribution < 1.29 is 42.7 Å². The molecule has 1 fully saturated rings. The molecule has 0 amide bonds. The van der Waals surface area contributed by atoms with E-state index in [1.54, 1.807) is 0 Å². The summed E-state index contributed by atoms with van der Waals surface area (Å²) in [5, 5.41) is 0. The fourth-order valence-electron chi connectivity index (χ4n) is 5.79. The molecule has 2 unspecified atom stereocenters. The van der Waals surface area contributed by atoms with Gasteiger partial charge in [0.2, 0.25) is 0 Å². The van der Waals surface area contributed by atoms with Crippen LogP contribution in [-0.2, 0) is 32.9 Å². The lowest BCUT2D eigenvalue weighted by atomic mass is 10.1. The Morgan fingerprint density at radius 2 is 1.12 bits per heavy atom. The zero-order chi connectivity index (χ0) is 35.8. The smallest absolute Gasteiger partial charge is 0.462 e. The third-order valence-corrected chi connectivity index (χ3v) is 9.35. The van der Waals surface area contributed by atoms with E-state index in [-0.39, 0.29) is 19.4 Å². The number of allylic oxidation sites excluding steroid dienone is 3. The molecular formula is C39H71O9P. The van der Waals surface area contributed by atoms with Crippen molar-refractivity contribution >= 4 is 19.8 Å². The van der Waals surface area contributed by atoms with Crippen LogP contribution >= 0.6 is 7.82 Å². The number of esters is 2. The zero-order valence-electron chi connectivity index (χ0n) is 31.0. The van der Waals surface area contributed by atoms with Crippen molar-refractivity contribution in [1.82, 2.24) is 0 Å². The summed E-state index contributed by atoms with van der Waals surface area (Å²) in [5.74, 6) is -0.909. The molecular weight excluding hydrogens is 643 g/mol. The Labute approximate surface area is 298 Å². The number of unbranched alkanes of at least 4 members (excludes halogenated alkanes) is 18. The summed E-state index contributed by atoms with van der Waals surface area (Å²) in [5.41, 5.74) is 0. The highest BCUT2D eigenvalue weighted by atomic mass is 31.2. The van der Waals surface area contributed by atoms with Crippen molar-refractivity contribution in [3.63, 3.8) is 0 Å². The molecule has 0 aromatic rings. The number of rotatable bonds is 35. The highest BCUT2D eigenvalue weighted by molar-refractivity contribution is 7.46. The van der Waals surface area contributed by atoms with Gasteiger partial charge in [-0.15, -0.1) is 0 Å². The highest BCUT2D eigenvalue weighted by Crippen LogP contribution is 2.36. The van der Waals surface area contributed by atoms with Crippen LogP contribution in [0.1, 0.15) is 181 Å². The number of ether oxygens (including phenoxy) is 3. The van der Waals surface area contributed by atoms with Gasteiger partial charge < -0.3 is 24.0 Å². The normalized spacial score (nSPS) is 16.8. The minimum atomic E-state index is -4.76. The summed E-state index contributed by atoms with van der Waals surface area (Å²) >= 11 is 0. The first-order valence-corrected chi connectivity index (χ1v) is 21.3. The van der Waals surface area contributed by atoms with Crippen LogP contribution in [0.15, 0.2) is 24.3 Å². The third-order valence-electron chi connectivity index (χ3n) is 8.87. The molecule has 9 nitrogen and oxygen atoms in total. The summed E-state index contributed by atoms with van der Waals surface area (Å²) in [6.07, 6.45) is 36.4. The van der Waals surface area contributed by atoms with Crippen LogP contribution in [0.4, 0.5) is 0 Å². The zero-order valence-corrected chi connectivity index (χ0v) is 31.9. The molecule has 1 rings (SSSR count). The lowest BCUT2D eigenvalue weighted by Gasteiger charge is -2.18. The number of carbonyl (C=O) groups is 2. The molecule has 0 aromatic carbocycles. The number of carbonyl (C=O) groups excluding carboxylic acids is 2. The van der Waals surface area contributed by atoms with Gasteiger partial charge >= 0.3 is 19.8 Å². The summed E-state index contributed by atoms with van der Waals surface area (Å²) < 4.78 is 32.1. The van der Waals surface area contributed by atoms with Gasteiger partial charge in [0, 0.05) is 12.8 Å². The first-order valence-electron chi connectivity index (χ1n) is 19.8. The lowest BCUT2D eigenvalue weighted by Crippen LogP contribution is -2.29. The van der Waals surface area contributed by atoms with Gasteiger partial charge in [-0.1, -0.05) is 128 Å². The molecule has 0 aliphatic carbocycles. The molecule has 1 aliphatic heterocycles. The highest BCUT2D eigenvalue weighted by Gasteiger charge is 2.36. The van der Waals surface area contributed by atoms with Gasteiger partial charge in [-0.25, -0.2) is 4.57 Å². The second-order valence-corrected chi connectivity index (χ2v) is 14.9. The van der Waals surface area contributed by atoms with Crippen LogP contribution < -0.4 is 0 Å². The van der Waals surface area contributed by atoms with E-state index in [0.717, 1.165) is 64.2 Å². The van der Waals surface area contributed by atoms with Crippen molar-refractivity contribution in [3.05, 3.63) is 24.3 Å². The predicted molar refractivity (Wildman–Crippen MR) is 197 cm³/mol. The van der Waals surface area contributed by atoms with Crippen molar-refractivity contribution in [2.45, 2.75) is 199 Å². The fraction of sp³-hybridized carbons (Fsp3) is 0.846. The van der Waals surface area contributed by atoms with E-state index >= 15 is 0 Å². The molecule has 0 bridgehead atoms. The fourth-order valence-corrected chi connectivity index (χ4v) is 6.15. The summed E-state index contributed by atoms with van der Waals surface area (Å²) in [7, 11) is -4.76. The Morgan fingerprint density at radius 3 is 1.69 bits per heavy atom. The Balaban J connectivity index is 2.08. The summed E-state index contributed by atoms with van der Waals surface area (Å²) in [4.78, 5) is 42.8. The standard InChI is InChI=1S/C39H71O9P/c1-3-5-7-8-9-10-11-12-13-14-15-16-21-24-28-32-39(41)47-35(34-46-49(42,43)44)33-45-38(40)31-27-23-20-18-17-19-22-26-30-37-36(48-37)29-25-6-4-2/h10-11,22,26,35-37H,3-9,12-21,23-25,27-34H2,1-2H3,(H2,42,43,44)/b11-10-,26-22-/t35-,36?,37?/m1/s1. The Hall–Kier alpha value is -1.51. The SMILES string of the molecule is CCCCCC/C=C\CCCCCCCCCC(=O)O[C@H](COC(=O)CCCCCCC/C=C\CC1OC1CCCCC)COP(=O)(O)O. The third kappa shape index (κ3) is 31.0. The van der Waals surface area contributed by atoms with E-state index in [4.69, 9.17) is 24.0 Å². The van der Waals surface area contributed by atoms with E-state index in [0.29, 0.717) is 25.0 Å². The van der Waals surface area contributed by atoms with Gasteiger partial charge in [-0.05, 0) is 64.2 Å². The van der Waals surface area contributed by atoms with E-state index in [2.05, 4.69) is 42.7 Å². The van der Waals surface area contributed by atoms with Crippen LogP contribution in [0.2, 0.25) is 0 Å². The van der Waals surface area contributed by atoms with Crippen molar-refractivity contribution in [2.24, 2.45) is 0 Å². The molecule has 0 radical (unpaired) electrons. The minimum absolute atomic E-state index is 0.202. The number of hydrogen-bond donors (Lipinski definition) is 2. The maximum atomic E-state index is 12.4. The number of phosphoric ester groups is 1. The van der Waals surface area contributed by atoms with Gasteiger partial charge in [0.1, 0.15) is 6.61 Å². The molecule has 1 saturated heterocycles. The van der Waals surface area contributed by atoms with Gasteiger partial charge in [-0.3, -0.25) is 14.1 Å². The Bertz CT molecular complexity index is 916. The van der Waals surface area contributed by atoms with Gasteiger partial charge in [-0.2, -0.15) is 0 Å². The maximum Gasteiger partial charge on any atom is 0.469 e. The number of phosphoric acid groups is 1. The van der Waals surface area contributed by atoms with E-state index in [1.165, 1.54) is 77.0 Å². The summed E-state index contributed by atoms with van der Waals surface area (Å²) in [6.45, 7) is 3.62. The van der Waals surface area contributed by atoms with Crippen LogP contribution in [-0.4, -0.2) is 53.3 Å². The van der Waals surface area contributed by atoms with E-state index in [9.17, 15) is 14.2 Å². The first-order chi connectivity index (χ1) is 23.7. The second kappa shape index (κ2) is 31.2. The minimum Gasteiger partial charge on any atom is -0.462 e. The number of hydrogen-bond acceptors (Lipinski definition) is 7. The average Bonchev–Trinajstić information content (AvgIpc) is 3.82. The van der Waals surface area contributed by atoms with E-state index in [1.807, 2.05) is 0 Å². The topological polar surface area (TPSA) is 132 Å². The molecule has 1 aliphatic rings. The Morgan fingerprint density at radius 1 is 0.633 bits per heavy atom. The molecule has 10 heteroatoms. The van der Waals surface area contributed by atoms with E-state index < -0.39 is 32.5 Å². The second-order valence-electron chi connectivity index (χ2n) is 13.6. The van der Waals surface area contributed by atoms with Gasteiger partial charge in [0.15, 0.2) is 6.10 Å². The van der Waals surface area contributed by atoms with Crippen molar-refractivity contribution in [1.29, 1.82) is 0 Å². The molecule has 2 N–H and O–H groups in total. The molecule has 0 spiro atoms. The van der Waals surface area contributed by atoms with Crippen LogP contribution in [0.3, 0.4) is 0 Å². The van der Waals surface area contributed by atoms with Crippen LogP contribution in [0.25, 0.3) is 0 Å². The summed E-state index contributed by atoms with van der Waals surface area (Å²) in [6, 6.07) is 0. The number of epoxide rings is 1.